The van der Waals surface area contributed by atoms with Crippen LogP contribution in [0.5, 0.6) is 0 Å². The van der Waals surface area contributed by atoms with Crippen LogP contribution in [0.15, 0.2) is 224 Å². The third-order valence-corrected chi connectivity index (χ3v) is 11.5. The van der Waals surface area contributed by atoms with E-state index in [0.29, 0.717) is 5.92 Å². The van der Waals surface area contributed by atoms with Gasteiger partial charge in [-0.05, 0) is 94.3 Å². The Labute approximate surface area is 329 Å². The Hall–Kier alpha value is -6.90. The van der Waals surface area contributed by atoms with E-state index in [1.54, 1.807) is 0 Å². The number of allylic oxidation sites excluding steroid dienone is 5. The van der Waals surface area contributed by atoms with Crippen LogP contribution in [-0.2, 0) is 0 Å². The van der Waals surface area contributed by atoms with Crippen molar-refractivity contribution in [2.45, 2.75) is 24.8 Å². The quantitative estimate of drug-likeness (QED) is 0.152. The molecule has 0 N–H and O–H groups in total. The highest BCUT2D eigenvalue weighted by molar-refractivity contribution is 6.10. The van der Waals surface area contributed by atoms with Gasteiger partial charge in [0.1, 0.15) is 0 Å². The van der Waals surface area contributed by atoms with Crippen LogP contribution in [0.1, 0.15) is 29.9 Å². The molecule has 56 heavy (non-hydrogen) atoms. The molecular formula is C54H42N2. The minimum absolute atomic E-state index is 0.213. The molecule has 1 aromatic heterocycles. The fourth-order valence-electron chi connectivity index (χ4n) is 8.59. The topological polar surface area (TPSA) is 8.17 Å². The first-order valence-electron chi connectivity index (χ1n) is 19.7. The Bertz CT molecular complexity index is 2770. The summed E-state index contributed by atoms with van der Waals surface area (Å²) in [6, 6.07) is 66.2. The van der Waals surface area contributed by atoms with Gasteiger partial charge in [-0.2, -0.15) is 0 Å². The largest absolute Gasteiger partial charge is 0.335 e. The van der Waals surface area contributed by atoms with Gasteiger partial charge in [-0.15, -0.1) is 0 Å². The number of aromatic nitrogens is 1. The average Bonchev–Trinajstić information content (AvgIpc) is 3.62. The molecule has 2 heteroatoms. The molecule has 0 radical (unpaired) electrons. The third-order valence-electron chi connectivity index (χ3n) is 11.5. The van der Waals surface area contributed by atoms with Crippen molar-refractivity contribution < 1.29 is 0 Å². The minimum Gasteiger partial charge on any atom is -0.335 e. The van der Waals surface area contributed by atoms with E-state index in [2.05, 4.69) is 228 Å². The molecular weight excluding hydrogens is 677 g/mol. The van der Waals surface area contributed by atoms with Crippen molar-refractivity contribution in [3.8, 4) is 27.9 Å². The van der Waals surface area contributed by atoms with E-state index < -0.39 is 0 Å². The summed E-state index contributed by atoms with van der Waals surface area (Å²) in [4.78, 5) is 2.52. The van der Waals surface area contributed by atoms with Crippen molar-refractivity contribution in [2.24, 2.45) is 0 Å². The summed E-state index contributed by atoms with van der Waals surface area (Å²) in [6.07, 6.45) is 16.1. The number of nitrogens with zero attached hydrogens (tertiary/aromatic N) is 2. The van der Waals surface area contributed by atoms with Crippen LogP contribution in [0.3, 0.4) is 0 Å². The van der Waals surface area contributed by atoms with Crippen molar-refractivity contribution in [3.63, 3.8) is 0 Å². The number of rotatable bonds is 8. The second-order valence-electron chi connectivity index (χ2n) is 14.8. The van der Waals surface area contributed by atoms with Gasteiger partial charge in [0.05, 0.1) is 17.1 Å². The highest BCUT2D eigenvalue weighted by Gasteiger charge is 2.24. The van der Waals surface area contributed by atoms with Crippen LogP contribution >= 0.6 is 0 Å². The molecule has 2 aliphatic carbocycles. The number of benzene rings is 7. The Kier molecular flexibility index (Phi) is 8.85. The first kappa shape index (κ1) is 33.7. The van der Waals surface area contributed by atoms with E-state index in [-0.39, 0.29) is 6.04 Å². The Morgan fingerprint density at radius 1 is 0.446 bits per heavy atom. The van der Waals surface area contributed by atoms with Crippen LogP contribution in [-0.4, -0.2) is 10.6 Å². The number of fused-ring (bicyclic) bond motifs is 3. The normalized spacial score (nSPS) is 16.5. The molecule has 0 fully saturated rings. The van der Waals surface area contributed by atoms with Gasteiger partial charge in [-0.25, -0.2) is 0 Å². The van der Waals surface area contributed by atoms with Crippen molar-refractivity contribution in [1.29, 1.82) is 0 Å². The molecule has 0 saturated carbocycles. The Balaban J connectivity index is 0.957. The van der Waals surface area contributed by atoms with Gasteiger partial charge in [0.15, 0.2) is 0 Å². The lowest BCUT2D eigenvalue weighted by Crippen LogP contribution is -2.34. The molecule has 10 rings (SSSR count). The van der Waals surface area contributed by atoms with Gasteiger partial charge in [0, 0.05) is 33.8 Å². The van der Waals surface area contributed by atoms with Crippen molar-refractivity contribution in [1.82, 2.24) is 4.57 Å². The molecule has 8 aromatic rings. The molecule has 2 aliphatic rings. The smallest absolute Gasteiger partial charge is 0.0560 e. The molecule has 2 atom stereocenters. The molecule has 7 aromatic carbocycles. The number of anilines is 1. The summed E-state index contributed by atoms with van der Waals surface area (Å²) < 4.78 is 2.41. The summed E-state index contributed by atoms with van der Waals surface area (Å²) >= 11 is 0. The summed E-state index contributed by atoms with van der Waals surface area (Å²) in [7, 11) is 0. The van der Waals surface area contributed by atoms with Crippen LogP contribution in [0.2, 0.25) is 0 Å². The maximum Gasteiger partial charge on any atom is 0.0560 e. The number of hydrogen-bond acceptors (Lipinski definition) is 1. The monoisotopic (exact) mass is 718 g/mol. The molecule has 2 nitrogen and oxygen atoms in total. The van der Waals surface area contributed by atoms with Gasteiger partial charge in [-0.3, -0.25) is 0 Å². The predicted octanol–water partition coefficient (Wildman–Crippen LogP) is 14.0. The predicted molar refractivity (Wildman–Crippen MR) is 237 cm³/mol. The third kappa shape index (κ3) is 6.40. The van der Waals surface area contributed by atoms with Crippen LogP contribution < -0.4 is 4.90 Å². The summed E-state index contributed by atoms with van der Waals surface area (Å²) in [6.45, 7) is 0. The van der Waals surface area contributed by atoms with Gasteiger partial charge in [-0.1, -0.05) is 176 Å². The Morgan fingerprint density at radius 3 is 1.73 bits per heavy atom. The molecule has 2 unspecified atom stereocenters. The average molecular weight is 719 g/mol. The van der Waals surface area contributed by atoms with Crippen molar-refractivity contribution in [3.05, 3.63) is 235 Å². The molecule has 0 amide bonds. The van der Waals surface area contributed by atoms with Crippen LogP contribution in [0.4, 0.5) is 5.69 Å². The first-order chi connectivity index (χ1) is 27.8. The lowest BCUT2D eigenvalue weighted by Gasteiger charge is -2.35. The molecule has 0 bridgehead atoms. The second kappa shape index (κ2) is 14.7. The van der Waals surface area contributed by atoms with Gasteiger partial charge in [0.25, 0.3) is 0 Å². The minimum atomic E-state index is 0.213. The molecule has 0 aliphatic heterocycles. The van der Waals surface area contributed by atoms with E-state index in [0.717, 1.165) is 18.5 Å². The second-order valence-corrected chi connectivity index (χ2v) is 14.8. The summed E-state index contributed by atoms with van der Waals surface area (Å²) in [5.74, 6) is 0.395. The highest BCUT2D eigenvalue weighted by atomic mass is 15.2. The SMILES string of the molecule is C1=CC(N(C2=CCC(c3ccccc3)C=C2)c2ccc(-c3ccc(-n4c5ccccc5c5ccc(-c6ccccc6)cc54)cc3)cc2)CC=C1c1ccccc1. The molecule has 268 valence electrons. The standard InChI is InChI=1S/C54H42N2/c1-4-12-39(13-5-1)42-20-29-47(30-21-42)55(48-31-22-43(23-32-48)40-14-6-2-7-15-40)49-33-24-44(25-34-49)45-26-35-50(36-27-45)56-53-19-11-10-18-51(53)52-37-28-46(38-54(52)56)41-16-8-3-9-17-41/h1-22,24-29,31-38,43,47H,23,30H2. The van der Waals surface area contributed by atoms with E-state index in [9.17, 15) is 0 Å². The van der Waals surface area contributed by atoms with Crippen molar-refractivity contribution >= 4 is 33.1 Å². The van der Waals surface area contributed by atoms with E-state index in [4.69, 9.17) is 0 Å². The highest BCUT2D eigenvalue weighted by Crippen LogP contribution is 2.37. The van der Waals surface area contributed by atoms with E-state index >= 15 is 0 Å². The van der Waals surface area contributed by atoms with Gasteiger partial charge >= 0.3 is 0 Å². The van der Waals surface area contributed by atoms with Crippen LogP contribution in [0, 0.1) is 0 Å². The first-order valence-corrected chi connectivity index (χ1v) is 19.7. The van der Waals surface area contributed by atoms with Gasteiger partial charge < -0.3 is 9.47 Å². The molecule has 0 spiro atoms. The lowest BCUT2D eigenvalue weighted by molar-refractivity contribution is 0.746. The maximum atomic E-state index is 2.52. The summed E-state index contributed by atoms with van der Waals surface area (Å²) in [5, 5.41) is 2.53. The number of para-hydroxylation sites is 1. The number of hydrogen-bond donors (Lipinski definition) is 0. The fourth-order valence-corrected chi connectivity index (χ4v) is 8.59. The van der Waals surface area contributed by atoms with Gasteiger partial charge in [0.2, 0.25) is 0 Å². The van der Waals surface area contributed by atoms with E-state index in [1.807, 2.05) is 0 Å². The van der Waals surface area contributed by atoms with Crippen LogP contribution in [0.25, 0.3) is 55.3 Å². The lowest BCUT2D eigenvalue weighted by atomic mass is 9.90. The zero-order valence-electron chi connectivity index (χ0n) is 31.2. The zero-order chi connectivity index (χ0) is 37.3. The molecule has 1 heterocycles. The summed E-state index contributed by atoms with van der Waals surface area (Å²) in [5.41, 5.74) is 14.8. The Morgan fingerprint density at radius 2 is 1.05 bits per heavy atom. The molecule has 0 saturated heterocycles. The zero-order valence-corrected chi connectivity index (χ0v) is 31.2. The van der Waals surface area contributed by atoms with Crippen molar-refractivity contribution in [2.75, 3.05) is 4.90 Å². The fraction of sp³-hybridized carbons (Fsp3) is 0.0741. The van der Waals surface area contributed by atoms with E-state index in [1.165, 1.54) is 72.1 Å². The maximum absolute atomic E-state index is 2.52.